The van der Waals surface area contributed by atoms with Gasteiger partial charge in [0, 0.05) is 18.3 Å². The molecule has 0 atom stereocenters. The van der Waals surface area contributed by atoms with Crippen molar-refractivity contribution in [3.63, 3.8) is 0 Å². The first-order valence-corrected chi connectivity index (χ1v) is 8.06. The third-order valence-corrected chi connectivity index (χ3v) is 3.25. The first-order valence-electron chi connectivity index (χ1n) is 8.06. The molecule has 0 aliphatic heterocycles. The number of rotatable bonds is 8. The molecule has 27 heavy (non-hydrogen) atoms. The zero-order chi connectivity index (χ0) is 19.6. The van der Waals surface area contributed by atoms with Crippen molar-refractivity contribution in [2.45, 2.75) is 6.92 Å². The molecule has 0 unspecified atom stereocenters. The Labute approximate surface area is 156 Å². The molecular formula is C19H20N2O6. The van der Waals surface area contributed by atoms with Crippen LogP contribution in [0.25, 0.3) is 0 Å². The van der Waals surface area contributed by atoms with E-state index in [0.717, 1.165) is 0 Å². The summed E-state index contributed by atoms with van der Waals surface area (Å²) in [6.45, 7) is 0.617. The van der Waals surface area contributed by atoms with E-state index in [1.807, 2.05) is 0 Å². The van der Waals surface area contributed by atoms with Crippen molar-refractivity contribution >= 4 is 29.2 Å². The Bertz CT molecular complexity index is 804. The molecule has 0 heterocycles. The van der Waals surface area contributed by atoms with Gasteiger partial charge < -0.3 is 24.8 Å². The maximum Gasteiger partial charge on any atom is 0.344 e. The Kier molecular flexibility index (Phi) is 7.18. The topological polar surface area (TPSA) is 103 Å². The van der Waals surface area contributed by atoms with Gasteiger partial charge in [-0.1, -0.05) is 6.07 Å². The second-order valence-corrected chi connectivity index (χ2v) is 5.44. The summed E-state index contributed by atoms with van der Waals surface area (Å²) in [7, 11) is 1.55. The average molecular weight is 372 g/mol. The molecule has 0 aliphatic rings. The Morgan fingerprint density at radius 1 is 0.889 bits per heavy atom. The fourth-order valence-corrected chi connectivity index (χ4v) is 2.08. The Morgan fingerprint density at radius 2 is 1.52 bits per heavy atom. The number of carbonyl (C=O) groups excluding carboxylic acids is 3. The van der Waals surface area contributed by atoms with Crippen LogP contribution in [0.1, 0.15) is 6.92 Å². The number of nitrogens with one attached hydrogen (secondary N) is 2. The maximum absolute atomic E-state index is 11.9. The van der Waals surface area contributed by atoms with Crippen LogP contribution in [-0.4, -0.2) is 38.1 Å². The molecule has 0 saturated heterocycles. The SMILES string of the molecule is COc1ccc(OCC(=O)OCC(=O)Nc2cccc(NC(C)=O)c2)cc1. The van der Waals surface area contributed by atoms with Crippen molar-refractivity contribution in [3.8, 4) is 11.5 Å². The lowest BCUT2D eigenvalue weighted by molar-refractivity contribution is -0.149. The van der Waals surface area contributed by atoms with Crippen LogP contribution >= 0.6 is 0 Å². The number of hydrogen-bond acceptors (Lipinski definition) is 6. The number of hydrogen-bond donors (Lipinski definition) is 2. The molecule has 8 nitrogen and oxygen atoms in total. The Balaban J connectivity index is 1.74. The van der Waals surface area contributed by atoms with Crippen LogP contribution < -0.4 is 20.1 Å². The Hall–Kier alpha value is -3.55. The van der Waals surface area contributed by atoms with Crippen LogP contribution in [0.4, 0.5) is 11.4 Å². The van der Waals surface area contributed by atoms with Crippen molar-refractivity contribution in [1.29, 1.82) is 0 Å². The van der Waals surface area contributed by atoms with E-state index in [9.17, 15) is 14.4 Å². The molecule has 2 aromatic rings. The lowest BCUT2D eigenvalue weighted by Gasteiger charge is -2.09. The van der Waals surface area contributed by atoms with Crippen molar-refractivity contribution in [2.24, 2.45) is 0 Å². The molecule has 0 spiro atoms. The molecule has 0 radical (unpaired) electrons. The summed E-state index contributed by atoms with van der Waals surface area (Å²) in [5.41, 5.74) is 1.02. The highest BCUT2D eigenvalue weighted by Crippen LogP contribution is 2.17. The molecule has 2 N–H and O–H groups in total. The molecule has 142 valence electrons. The highest BCUT2D eigenvalue weighted by atomic mass is 16.6. The molecule has 2 aromatic carbocycles. The summed E-state index contributed by atoms with van der Waals surface area (Å²) in [5, 5.41) is 5.18. The van der Waals surface area contributed by atoms with Crippen LogP contribution in [0.15, 0.2) is 48.5 Å². The molecule has 0 saturated carbocycles. The number of amides is 2. The highest BCUT2D eigenvalue weighted by Gasteiger charge is 2.09. The highest BCUT2D eigenvalue weighted by molar-refractivity contribution is 5.94. The van der Waals surface area contributed by atoms with Gasteiger partial charge in [-0.05, 0) is 42.5 Å². The van der Waals surface area contributed by atoms with E-state index in [2.05, 4.69) is 10.6 Å². The van der Waals surface area contributed by atoms with Crippen LogP contribution in [-0.2, 0) is 19.1 Å². The minimum atomic E-state index is -0.673. The maximum atomic E-state index is 11.9. The van der Waals surface area contributed by atoms with E-state index in [1.165, 1.54) is 6.92 Å². The Morgan fingerprint density at radius 3 is 2.15 bits per heavy atom. The fourth-order valence-electron chi connectivity index (χ4n) is 2.08. The third kappa shape index (κ3) is 7.07. The molecule has 0 aliphatic carbocycles. The number of carbonyl (C=O) groups is 3. The van der Waals surface area contributed by atoms with Gasteiger partial charge in [-0.25, -0.2) is 4.79 Å². The zero-order valence-corrected chi connectivity index (χ0v) is 15.0. The quantitative estimate of drug-likeness (QED) is 0.689. The lowest BCUT2D eigenvalue weighted by Crippen LogP contribution is -2.23. The summed E-state index contributed by atoms with van der Waals surface area (Å²) < 4.78 is 15.2. The van der Waals surface area contributed by atoms with Crippen LogP contribution in [0, 0.1) is 0 Å². The van der Waals surface area contributed by atoms with Gasteiger partial charge >= 0.3 is 5.97 Å². The first kappa shape index (κ1) is 19.8. The van der Waals surface area contributed by atoms with Gasteiger partial charge in [0.2, 0.25) is 5.91 Å². The third-order valence-electron chi connectivity index (χ3n) is 3.25. The van der Waals surface area contributed by atoms with Crippen molar-refractivity contribution in [2.75, 3.05) is 31.0 Å². The van der Waals surface area contributed by atoms with Crippen molar-refractivity contribution in [3.05, 3.63) is 48.5 Å². The largest absolute Gasteiger partial charge is 0.497 e. The van der Waals surface area contributed by atoms with Crippen LogP contribution in [0.2, 0.25) is 0 Å². The van der Waals surface area contributed by atoms with Gasteiger partial charge in [0.25, 0.3) is 5.91 Å². The van der Waals surface area contributed by atoms with E-state index < -0.39 is 18.5 Å². The molecule has 2 amide bonds. The van der Waals surface area contributed by atoms with E-state index in [1.54, 1.807) is 55.6 Å². The van der Waals surface area contributed by atoms with Gasteiger partial charge in [0.15, 0.2) is 13.2 Å². The van der Waals surface area contributed by atoms with Crippen molar-refractivity contribution in [1.82, 2.24) is 0 Å². The zero-order valence-electron chi connectivity index (χ0n) is 15.0. The molecular weight excluding hydrogens is 352 g/mol. The van der Waals surface area contributed by atoms with Gasteiger partial charge in [0.05, 0.1) is 7.11 Å². The van der Waals surface area contributed by atoms with E-state index in [0.29, 0.717) is 22.9 Å². The van der Waals surface area contributed by atoms with Gasteiger partial charge in [-0.15, -0.1) is 0 Å². The predicted molar refractivity (Wildman–Crippen MR) is 98.8 cm³/mol. The molecule has 8 heteroatoms. The molecule has 2 rings (SSSR count). The molecule has 0 fully saturated rings. The minimum absolute atomic E-state index is 0.218. The summed E-state index contributed by atoms with van der Waals surface area (Å²) in [4.78, 5) is 34.6. The first-order chi connectivity index (χ1) is 13.0. The summed E-state index contributed by atoms with van der Waals surface area (Å²) in [5.74, 6) is -0.249. The van der Waals surface area contributed by atoms with Crippen molar-refractivity contribution < 1.29 is 28.6 Å². The standard InChI is InChI=1S/C19H20N2O6/c1-13(22)20-14-4-3-5-15(10-14)21-18(23)11-27-19(24)12-26-17-8-6-16(25-2)7-9-17/h3-10H,11-12H2,1-2H3,(H,20,22)(H,21,23). The molecule has 0 bridgehead atoms. The van der Waals surface area contributed by atoms with Crippen LogP contribution in [0.5, 0.6) is 11.5 Å². The number of ether oxygens (including phenoxy) is 3. The summed E-state index contributed by atoms with van der Waals surface area (Å²) in [6.07, 6.45) is 0. The summed E-state index contributed by atoms with van der Waals surface area (Å²) in [6, 6.07) is 13.3. The van der Waals surface area contributed by atoms with E-state index in [-0.39, 0.29) is 12.5 Å². The monoisotopic (exact) mass is 372 g/mol. The average Bonchev–Trinajstić information content (AvgIpc) is 2.65. The number of esters is 1. The minimum Gasteiger partial charge on any atom is -0.497 e. The normalized spacial score (nSPS) is 9.85. The van der Waals surface area contributed by atoms with E-state index >= 15 is 0 Å². The number of methoxy groups -OCH3 is 1. The van der Waals surface area contributed by atoms with Gasteiger partial charge in [0.1, 0.15) is 11.5 Å². The fraction of sp³-hybridized carbons (Fsp3) is 0.211. The number of benzene rings is 2. The second-order valence-electron chi connectivity index (χ2n) is 5.44. The van der Waals surface area contributed by atoms with Gasteiger partial charge in [-0.2, -0.15) is 0 Å². The predicted octanol–water partition coefficient (Wildman–Crippen LogP) is 2.21. The number of anilines is 2. The van der Waals surface area contributed by atoms with Gasteiger partial charge in [-0.3, -0.25) is 9.59 Å². The van der Waals surface area contributed by atoms with E-state index in [4.69, 9.17) is 14.2 Å². The summed E-state index contributed by atoms with van der Waals surface area (Å²) >= 11 is 0. The van der Waals surface area contributed by atoms with Crippen LogP contribution in [0.3, 0.4) is 0 Å². The smallest absolute Gasteiger partial charge is 0.344 e. The second kappa shape index (κ2) is 9.81. The molecule has 0 aromatic heterocycles. The lowest BCUT2D eigenvalue weighted by atomic mass is 10.2.